The monoisotopic (exact) mass is 1090 g/mol. The Hall–Kier alpha value is -6.79. The van der Waals surface area contributed by atoms with Crippen LogP contribution in [0.3, 0.4) is 0 Å². The van der Waals surface area contributed by atoms with Crippen molar-refractivity contribution in [3.63, 3.8) is 0 Å². The van der Waals surface area contributed by atoms with E-state index in [-0.39, 0.29) is 19.8 Å². The number of carbonyl (C=O) groups excluding carboxylic acids is 7. The summed E-state index contributed by atoms with van der Waals surface area (Å²) in [7, 11) is -11.7. The predicted molar refractivity (Wildman–Crippen MR) is 254 cm³/mol. The van der Waals surface area contributed by atoms with E-state index in [0.717, 1.165) is 0 Å². The van der Waals surface area contributed by atoms with Crippen molar-refractivity contribution in [2.75, 3.05) is 46.6 Å². The lowest BCUT2D eigenvalue weighted by Crippen LogP contribution is -2.45. The Kier molecular flexibility index (Phi) is 26.4. The van der Waals surface area contributed by atoms with E-state index in [1.54, 1.807) is 119 Å². The lowest BCUT2D eigenvalue weighted by molar-refractivity contribution is -0.149. The summed E-state index contributed by atoms with van der Waals surface area (Å²) in [5, 5.41) is 14.7. The Labute approximate surface area is 425 Å². The summed E-state index contributed by atoms with van der Waals surface area (Å²) in [5.41, 5.74) is 2.05. The van der Waals surface area contributed by atoms with E-state index in [2.05, 4.69) is 25.4 Å². The molecule has 0 radical (unpaired) electrons. The summed E-state index contributed by atoms with van der Waals surface area (Å²) in [6, 6.07) is 23.7. The molecule has 0 heterocycles. The molecule has 0 fully saturated rings. The second kappa shape index (κ2) is 31.7. The zero-order chi connectivity index (χ0) is 54.6. The van der Waals surface area contributed by atoms with Gasteiger partial charge in [-0.3, -0.25) is 18.2 Å². The molecule has 408 valence electrons. The van der Waals surface area contributed by atoms with Crippen LogP contribution in [-0.4, -0.2) is 121 Å². The van der Waals surface area contributed by atoms with Gasteiger partial charge in [-0.15, -0.1) is 0 Å². The molecule has 3 rings (SSSR count). The number of aliphatic hydroxyl groups is 1. The van der Waals surface area contributed by atoms with E-state index in [4.69, 9.17) is 42.2 Å². The highest BCUT2D eigenvalue weighted by Gasteiger charge is 2.62. The number of hydrogen-bond acceptors (Lipinski definition) is 21. The first-order chi connectivity index (χ1) is 35.1. The van der Waals surface area contributed by atoms with Gasteiger partial charge in [-0.2, -0.15) is 0 Å². The van der Waals surface area contributed by atoms with Gasteiger partial charge in [-0.25, -0.2) is 33.6 Å². The fourth-order valence-corrected chi connectivity index (χ4v) is 9.22. The highest BCUT2D eigenvalue weighted by Crippen LogP contribution is 2.74. The fraction of sp³-hybridized carbons (Fsp3) is 0.457. The van der Waals surface area contributed by atoms with Gasteiger partial charge in [0.15, 0.2) is 0 Å². The maximum atomic E-state index is 14.2. The van der Waals surface area contributed by atoms with Gasteiger partial charge in [0.2, 0.25) is 13.6 Å². The highest BCUT2D eigenvalue weighted by atomic mass is 31.2. The molecule has 0 spiro atoms. The minimum atomic E-state index is -6.01. The largest absolute Gasteiger partial charge is 0.510 e. The Balaban J connectivity index is 1.55. The molecular formula is C46H61N3O23P2. The zero-order valence-electron chi connectivity index (χ0n) is 40.9. The molecule has 26 nitrogen and oxygen atoms in total. The number of rotatable bonds is 30. The number of hydrogen-bond donors (Lipinski definition) is 6. The molecular weight excluding hydrogens is 1020 g/mol. The van der Waals surface area contributed by atoms with Crippen LogP contribution in [0.15, 0.2) is 91.0 Å². The van der Waals surface area contributed by atoms with Crippen LogP contribution in [0.25, 0.3) is 0 Å². The van der Waals surface area contributed by atoms with Crippen molar-refractivity contribution in [2.24, 2.45) is 11.8 Å². The van der Waals surface area contributed by atoms with E-state index >= 15 is 0 Å². The third kappa shape index (κ3) is 22.1. The Morgan fingerprint density at radius 2 is 0.865 bits per heavy atom. The van der Waals surface area contributed by atoms with Gasteiger partial charge in [-0.05, 0) is 34.9 Å². The molecule has 74 heavy (non-hydrogen) atoms. The minimum absolute atomic E-state index is 0.0691. The molecule has 1 unspecified atom stereocenters. The topological polar surface area (TPSA) is 352 Å². The molecule has 0 aromatic heterocycles. The average Bonchev–Trinajstić information content (AvgIpc) is 3.37. The minimum Gasteiger partial charge on any atom is -0.461 e. The smallest absolute Gasteiger partial charge is 0.461 e. The summed E-state index contributed by atoms with van der Waals surface area (Å²) in [6.45, 7) is 0.378. The molecule has 3 atom stereocenters. The number of alkyl carbamates (subject to hydrolysis) is 3. The van der Waals surface area contributed by atoms with Crippen molar-refractivity contribution in [1.82, 2.24) is 16.0 Å². The highest BCUT2D eigenvalue weighted by molar-refractivity contribution is 7.73. The van der Waals surface area contributed by atoms with Crippen molar-refractivity contribution in [2.45, 2.75) is 77.5 Å². The summed E-state index contributed by atoms with van der Waals surface area (Å²) < 4.78 is 81.3. The first kappa shape index (κ1) is 61.5. The quantitative estimate of drug-likeness (QED) is 0.0148. The van der Waals surface area contributed by atoms with Crippen molar-refractivity contribution < 1.29 is 109 Å². The van der Waals surface area contributed by atoms with Crippen LogP contribution in [0.5, 0.6) is 0 Å². The lowest BCUT2D eigenvalue weighted by Gasteiger charge is -2.34. The Morgan fingerprint density at radius 1 is 0.514 bits per heavy atom. The number of esters is 2. The molecule has 6 N–H and O–H groups in total. The summed E-state index contributed by atoms with van der Waals surface area (Å²) in [5.74, 6) is -2.77. The maximum absolute atomic E-state index is 14.2. The Morgan fingerprint density at radius 3 is 1.22 bits per heavy atom. The van der Waals surface area contributed by atoms with Crippen molar-refractivity contribution in [1.29, 1.82) is 0 Å². The van der Waals surface area contributed by atoms with Crippen molar-refractivity contribution in [3.8, 4) is 0 Å². The van der Waals surface area contributed by atoms with Gasteiger partial charge in [0.25, 0.3) is 5.08 Å². The molecule has 0 saturated heterocycles. The first-order valence-corrected chi connectivity index (χ1v) is 25.8. The second-order valence-corrected chi connectivity index (χ2v) is 20.5. The van der Waals surface area contributed by atoms with Crippen LogP contribution in [0.1, 0.15) is 57.2 Å². The standard InChI is InChI=1S/C46H61N3O23P2/c1-32(2)37(48-42(53)67-28-35-17-10-6-11-18-35)39(50)62-23-25-64-44(55)69-30-71-74(61,46(57,73(58,59)60)21-14-22-47-41(52)66-27-34-15-8-5-9-16-34)72-31-70-45(56)65-26-24-63-40(51)38(33(3)4)49-43(54)68-29-36-19-12-7-13-20-36/h5-13,15-20,32-33,37-38,57H,14,21-31H2,1-4H3,(H,47,52)(H,48,53)(H,49,54)(H2,58,59,60)/t37-,38-,46?/m0/s1. The van der Waals surface area contributed by atoms with Crippen molar-refractivity contribution >= 4 is 57.7 Å². The molecule has 28 heteroatoms. The van der Waals surface area contributed by atoms with E-state index < -0.39 is 146 Å². The maximum Gasteiger partial charge on any atom is 0.510 e. The molecule has 0 aliphatic heterocycles. The summed E-state index contributed by atoms with van der Waals surface area (Å²) >= 11 is 0. The fourth-order valence-electron chi connectivity index (χ4n) is 5.84. The molecule has 3 amide bonds. The molecule has 0 bridgehead atoms. The van der Waals surface area contributed by atoms with Crippen molar-refractivity contribution in [3.05, 3.63) is 108 Å². The lowest BCUT2D eigenvalue weighted by atomic mass is 10.1. The van der Waals surface area contributed by atoms with Crippen LogP contribution in [-0.2, 0) is 90.2 Å². The van der Waals surface area contributed by atoms with E-state index in [1.807, 2.05) is 0 Å². The van der Waals surface area contributed by atoms with E-state index in [1.165, 1.54) is 0 Å². The normalized spacial score (nSPS) is 12.9. The van der Waals surface area contributed by atoms with Gasteiger partial charge in [0, 0.05) is 13.0 Å². The summed E-state index contributed by atoms with van der Waals surface area (Å²) in [4.78, 5) is 108. The van der Waals surface area contributed by atoms with Gasteiger partial charge in [0.1, 0.15) is 58.3 Å². The molecule has 0 aliphatic rings. The van der Waals surface area contributed by atoms with Gasteiger partial charge >= 0.3 is 57.7 Å². The van der Waals surface area contributed by atoms with Crippen LogP contribution >= 0.6 is 15.2 Å². The van der Waals surface area contributed by atoms with Gasteiger partial charge in [-0.1, -0.05) is 119 Å². The molecule has 3 aromatic rings. The first-order valence-electron chi connectivity index (χ1n) is 22.6. The van der Waals surface area contributed by atoms with Gasteiger partial charge < -0.3 is 73.5 Å². The number of nitrogens with one attached hydrogen (secondary N) is 3. The van der Waals surface area contributed by atoms with Crippen LogP contribution in [0.4, 0.5) is 24.0 Å². The second-order valence-electron chi connectivity index (χ2n) is 16.1. The Bertz CT molecular complexity index is 2230. The summed E-state index contributed by atoms with van der Waals surface area (Å²) in [6.07, 6.45) is -7.57. The van der Waals surface area contributed by atoms with Crippen LogP contribution < -0.4 is 16.0 Å². The number of ether oxygens (including phenoxy) is 9. The third-order valence-electron chi connectivity index (χ3n) is 9.78. The average molecular weight is 1090 g/mol. The number of carbonyl (C=O) groups is 7. The SMILES string of the molecule is CC(C)[C@H](NC(=O)OCc1ccccc1)C(=O)OCCOC(=O)OCOP(=O)(OCOC(=O)OCCOC(=O)[C@@H](NC(=O)OCc1ccccc1)C(C)C)C(O)(CCCNC(=O)OCc1ccccc1)P(=O)(O)O. The molecule has 3 aromatic carbocycles. The number of benzene rings is 3. The third-order valence-corrected chi connectivity index (χ3v) is 14.4. The van der Waals surface area contributed by atoms with Gasteiger partial charge in [0.05, 0.1) is 0 Å². The molecule has 0 saturated carbocycles. The number of amides is 3. The van der Waals surface area contributed by atoms with Crippen LogP contribution in [0.2, 0.25) is 0 Å². The molecule has 0 aliphatic carbocycles. The van der Waals surface area contributed by atoms with Crippen LogP contribution in [0, 0.1) is 11.8 Å². The predicted octanol–water partition coefficient (Wildman–Crippen LogP) is 5.95. The van der Waals surface area contributed by atoms with E-state index in [9.17, 15) is 57.6 Å². The zero-order valence-corrected chi connectivity index (χ0v) is 42.6. The van der Waals surface area contributed by atoms with E-state index in [0.29, 0.717) is 16.7 Å².